The SMILES string of the molecule is Cn1ccc2ccc(C(=O)NCC(=O)NCC(=O)O)cc21. The molecule has 0 bridgehead atoms. The van der Waals surface area contributed by atoms with Crippen LogP contribution in [0.2, 0.25) is 0 Å². The number of aliphatic carboxylic acids is 1. The molecule has 0 unspecified atom stereocenters. The van der Waals surface area contributed by atoms with Gasteiger partial charge in [-0.25, -0.2) is 0 Å². The molecule has 2 aromatic rings. The third-order valence-corrected chi connectivity index (χ3v) is 3.00. The van der Waals surface area contributed by atoms with Crippen LogP contribution in [-0.2, 0) is 16.6 Å². The fourth-order valence-corrected chi connectivity index (χ4v) is 1.90. The van der Waals surface area contributed by atoms with Gasteiger partial charge in [-0.3, -0.25) is 14.4 Å². The Morgan fingerprint density at radius 2 is 1.90 bits per heavy atom. The maximum absolute atomic E-state index is 11.9. The standard InChI is InChI=1S/C14H15N3O4/c1-17-5-4-9-2-3-10(6-11(9)17)14(21)16-7-12(18)15-8-13(19)20/h2-6H,7-8H2,1H3,(H,15,18)(H,16,21)(H,19,20). The molecule has 0 aliphatic carbocycles. The molecular formula is C14H15N3O4. The number of aryl methyl sites for hydroxylation is 1. The second-order valence-corrected chi connectivity index (χ2v) is 4.55. The van der Waals surface area contributed by atoms with Gasteiger partial charge >= 0.3 is 5.97 Å². The third kappa shape index (κ3) is 3.59. The number of benzene rings is 1. The smallest absolute Gasteiger partial charge is 0.322 e. The normalized spacial score (nSPS) is 10.3. The quantitative estimate of drug-likeness (QED) is 0.727. The van der Waals surface area contributed by atoms with Crippen molar-refractivity contribution >= 4 is 28.7 Å². The first-order valence-electron chi connectivity index (χ1n) is 6.29. The molecule has 7 heteroatoms. The summed E-state index contributed by atoms with van der Waals surface area (Å²) in [5, 5.41) is 14.1. The van der Waals surface area contributed by atoms with Crippen LogP contribution in [0.3, 0.4) is 0 Å². The Labute approximate surface area is 120 Å². The van der Waals surface area contributed by atoms with Crippen molar-refractivity contribution in [1.82, 2.24) is 15.2 Å². The van der Waals surface area contributed by atoms with Crippen molar-refractivity contribution in [2.75, 3.05) is 13.1 Å². The van der Waals surface area contributed by atoms with E-state index in [-0.39, 0.29) is 12.5 Å². The zero-order valence-corrected chi connectivity index (χ0v) is 11.4. The van der Waals surface area contributed by atoms with E-state index < -0.39 is 18.4 Å². The van der Waals surface area contributed by atoms with Gasteiger partial charge in [0.25, 0.3) is 5.91 Å². The number of nitrogens with one attached hydrogen (secondary N) is 2. The molecule has 3 N–H and O–H groups in total. The van der Waals surface area contributed by atoms with Crippen LogP contribution >= 0.6 is 0 Å². The monoisotopic (exact) mass is 289 g/mol. The molecule has 0 saturated heterocycles. The second-order valence-electron chi connectivity index (χ2n) is 4.55. The minimum absolute atomic E-state index is 0.267. The summed E-state index contributed by atoms with van der Waals surface area (Å²) in [5.74, 6) is -2.07. The molecule has 0 spiro atoms. The molecule has 0 atom stereocenters. The number of hydrogen-bond acceptors (Lipinski definition) is 3. The number of carbonyl (C=O) groups is 3. The van der Waals surface area contributed by atoms with Crippen LogP contribution in [0.4, 0.5) is 0 Å². The Morgan fingerprint density at radius 1 is 1.14 bits per heavy atom. The van der Waals surface area contributed by atoms with Crippen molar-refractivity contribution in [1.29, 1.82) is 0 Å². The van der Waals surface area contributed by atoms with Gasteiger partial charge in [-0.1, -0.05) is 6.07 Å². The van der Waals surface area contributed by atoms with Crippen molar-refractivity contribution in [3.05, 3.63) is 36.0 Å². The summed E-state index contributed by atoms with van der Waals surface area (Å²) in [6.07, 6.45) is 1.89. The van der Waals surface area contributed by atoms with Gasteiger partial charge in [0, 0.05) is 24.3 Å². The maximum Gasteiger partial charge on any atom is 0.322 e. The molecule has 0 aliphatic rings. The maximum atomic E-state index is 11.9. The average molecular weight is 289 g/mol. The fourth-order valence-electron chi connectivity index (χ4n) is 1.90. The van der Waals surface area contributed by atoms with E-state index >= 15 is 0 Å². The lowest BCUT2D eigenvalue weighted by Crippen LogP contribution is -2.39. The Kier molecular flexibility index (Phi) is 4.22. The Morgan fingerprint density at radius 3 is 2.62 bits per heavy atom. The van der Waals surface area contributed by atoms with Crippen LogP contribution in [0.5, 0.6) is 0 Å². The molecule has 0 saturated carbocycles. The van der Waals surface area contributed by atoms with Crippen LogP contribution in [0.15, 0.2) is 30.5 Å². The largest absolute Gasteiger partial charge is 0.480 e. The number of aromatic nitrogens is 1. The number of nitrogens with zero attached hydrogens (tertiary/aromatic N) is 1. The predicted octanol–water partition coefficient (Wildman–Crippen LogP) is 0.109. The molecule has 1 aromatic carbocycles. The van der Waals surface area contributed by atoms with E-state index in [4.69, 9.17) is 5.11 Å². The van der Waals surface area contributed by atoms with Crippen molar-refractivity contribution in [2.24, 2.45) is 7.05 Å². The number of hydrogen-bond donors (Lipinski definition) is 3. The van der Waals surface area contributed by atoms with E-state index in [0.717, 1.165) is 10.9 Å². The van der Waals surface area contributed by atoms with E-state index in [1.807, 2.05) is 29.9 Å². The van der Waals surface area contributed by atoms with Gasteiger partial charge < -0.3 is 20.3 Å². The highest BCUT2D eigenvalue weighted by atomic mass is 16.4. The molecule has 0 fully saturated rings. The summed E-state index contributed by atoms with van der Waals surface area (Å²) in [4.78, 5) is 33.6. The van der Waals surface area contributed by atoms with Gasteiger partial charge in [0.2, 0.25) is 5.91 Å². The van der Waals surface area contributed by atoms with Crippen molar-refractivity contribution in [3.63, 3.8) is 0 Å². The summed E-state index contributed by atoms with van der Waals surface area (Å²) in [6, 6.07) is 7.18. The van der Waals surface area contributed by atoms with Gasteiger partial charge in [0.15, 0.2) is 0 Å². The lowest BCUT2D eigenvalue weighted by molar-refractivity contribution is -0.137. The van der Waals surface area contributed by atoms with E-state index in [9.17, 15) is 14.4 Å². The molecule has 110 valence electrons. The highest BCUT2D eigenvalue weighted by Crippen LogP contribution is 2.16. The topological polar surface area (TPSA) is 100 Å². The zero-order chi connectivity index (χ0) is 15.4. The molecule has 1 heterocycles. The molecule has 2 rings (SSSR count). The third-order valence-electron chi connectivity index (χ3n) is 3.00. The molecule has 0 aliphatic heterocycles. The van der Waals surface area contributed by atoms with Crippen molar-refractivity contribution < 1.29 is 19.5 Å². The summed E-state index contributed by atoms with van der Waals surface area (Å²) < 4.78 is 1.89. The van der Waals surface area contributed by atoms with Crippen LogP contribution < -0.4 is 10.6 Å². The molecular weight excluding hydrogens is 274 g/mol. The molecule has 1 aromatic heterocycles. The Hall–Kier alpha value is -2.83. The number of carboxylic acids is 1. The first-order valence-corrected chi connectivity index (χ1v) is 6.29. The van der Waals surface area contributed by atoms with E-state index in [1.54, 1.807) is 12.1 Å². The minimum Gasteiger partial charge on any atom is -0.480 e. The van der Waals surface area contributed by atoms with Gasteiger partial charge in [-0.15, -0.1) is 0 Å². The van der Waals surface area contributed by atoms with Gasteiger partial charge in [-0.2, -0.15) is 0 Å². The number of amides is 2. The zero-order valence-electron chi connectivity index (χ0n) is 11.4. The molecule has 7 nitrogen and oxygen atoms in total. The summed E-state index contributed by atoms with van der Waals surface area (Å²) in [5.41, 5.74) is 1.35. The van der Waals surface area contributed by atoms with E-state index in [1.165, 1.54) is 0 Å². The second kappa shape index (κ2) is 6.08. The van der Waals surface area contributed by atoms with Gasteiger partial charge in [-0.05, 0) is 23.6 Å². The van der Waals surface area contributed by atoms with Crippen LogP contribution in [0, 0.1) is 0 Å². The fraction of sp³-hybridized carbons (Fsp3) is 0.214. The molecule has 2 amide bonds. The van der Waals surface area contributed by atoms with Crippen LogP contribution in [0.25, 0.3) is 10.9 Å². The van der Waals surface area contributed by atoms with Gasteiger partial charge in [0.05, 0.1) is 6.54 Å². The Balaban J connectivity index is 1.97. The van der Waals surface area contributed by atoms with Crippen LogP contribution in [0.1, 0.15) is 10.4 Å². The lowest BCUT2D eigenvalue weighted by atomic mass is 10.1. The summed E-state index contributed by atoms with van der Waals surface area (Å²) in [6.45, 7) is -0.735. The number of carboxylic acid groups (broad SMARTS) is 1. The van der Waals surface area contributed by atoms with Crippen LogP contribution in [-0.4, -0.2) is 40.5 Å². The summed E-state index contributed by atoms with van der Waals surface area (Å²) >= 11 is 0. The highest BCUT2D eigenvalue weighted by molar-refractivity contribution is 5.99. The van der Waals surface area contributed by atoms with Crippen molar-refractivity contribution in [3.8, 4) is 0 Å². The molecule has 21 heavy (non-hydrogen) atoms. The lowest BCUT2D eigenvalue weighted by Gasteiger charge is -2.06. The van der Waals surface area contributed by atoms with Gasteiger partial charge in [0.1, 0.15) is 6.54 Å². The Bertz CT molecular complexity index is 705. The summed E-state index contributed by atoms with van der Waals surface area (Å²) in [7, 11) is 1.88. The highest BCUT2D eigenvalue weighted by Gasteiger charge is 2.10. The van der Waals surface area contributed by atoms with Crippen molar-refractivity contribution in [2.45, 2.75) is 0 Å². The first-order chi connectivity index (χ1) is 9.97. The van der Waals surface area contributed by atoms with E-state index in [0.29, 0.717) is 5.56 Å². The number of carbonyl (C=O) groups excluding carboxylic acids is 2. The molecule has 0 radical (unpaired) electrons. The number of rotatable bonds is 5. The predicted molar refractivity (Wildman–Crippen MR) is 75.9 cm³/mol. The average Bonchev–Trinajstić information content (AvgIpc) is 2.83. The minimum atomic E-state index is -1.14. The number of fused-ring (bicyclic) bond motifs is 1. The first kappa shape index (κ1) is 14.6. The van der Waals surface area contributed by atoms with E-state index in [2.05, 4.69) is 10.6 Å².